The van der Waals surface area contributed by atoms with E-state index < -0.39 is 0 Å². The second kappa shape index (κ2) is 10.2. The molecule has 2 saturated carbocycles. The Bertz CT molecular complexity index is 449. The Kier molecular flexibility index (Phi) is 8.01. The highest BCUT2D eigenvalue weighted by molar-refractivity contribution is 5.72. The van der Waals surface area contributed by atoms with E-state index in [0.717, 1.165) is 57.5 Å². The lowest BCUT2D eigenvalue weighted by molar-refractivity contribution is -0.257. The topological polar surface area (TPSA) is 44.8 Å². The summed E-state index contributed by atoms with van der Waals surface area (Å²) >= 11 is 0. The first-order chi connectivity index (χ1) is 13.1. The molecule has 3 atom stereocenters. The van der Waals surface area contributed by atoms with Gasteiger partial charge in [-0.05, 0) is 70.6 Å². The fourth-order valence-corrected chi connectivity index (χ4v) is 5.25. The van der Waals surface area contributed by atoms with Gasteiger partial charge >= 0.3 is 5.97 Å². The van der Waals surface area contributed by atoms with Gasteiger partial charge in [-0.25, -0.2) is 0 Å². The number of carbonyl (C=O) groups is 1. The molecule has 1 saturated heterocycles. The Hall–Kier alpha value is -0.610. The maximum absolute atomic E-state index is 12.6. The van der Waals surface area contributed by atoms with Crippen LogP contribution in [0.15, 0.2) is 0 Å². The Morgan fingerprint density at radius 3 is 2.30 bits per heavy atom. The smallest absolute Gasteiger partial charge is 0.309 e. The van der Waals surface area contributed by atoms with E-state index >= 15 is 0 Å². The number of ether oxygens (including phenoxy) is 3. The number of rotatable bonds is 6. The lowest BCUT2D eigenvalue weighted by Gasteiger charge is -2.40. The molecule has 3 fully saturated rings. The zero-order valence-corrected chi connectivity index (χ0v) is 17.7. The second-order valence-electron chi connectivity index (χ2n) is 9.19. The van der Waals surface area contributed by atoms with E-state index in [4.69, 9.17) is 14.2 Å². The minimum atomic E-state index is -0.0754. The predicted molar refractivity (Wildman–Crippen MR) is 106 cm³/mol. The van der Waals surface area contributed by atoms with Crippen LogP contribution >= 0.6 is 0 Å². The summed E-state index contributed by atoms with van der Waals surface area (Å²) in [6.07, 6.45) is 12.5. The van der Waals surface area contributed by atoms with Crippen LogP contribution < -0.4 is 0 Å². The van der Waals surface area contributed by atoms with Crippen LogP contribution in [0.3, 0.4) is 0 Å². The molecular weight excluding hydrogens is 340 g/mol. The summed E-state index contributed by atoms with van der Waals surface area (Å²) in [6, 6.07) is 0. The Balaban J connectivity index is 1.37. The van der Waals surface area contributed by atoms with Crippen molar-refractivity contribution in [2.45, 2.75) is 110 Å². The average Bonchev–Trinajstić information content (AvgIpc) is 2.70. The molecule has 1 heterocycles. The molecule has 2 aliphatic carbocycles. The van der Waals surface area contributed by atoms with Crippen molar-refractivity contribution in [3.63, 3.8) is 0 Å². The van der Waals surface area contributed by atoms with Gasteiger partial charge in [-0.2, -0.15) is 0 Å². The molecule has 0 bridgehead atoms. The summed E-state index contributed by atoms with van der Waals surface area (Å²) in [5.74, 6) is 1.93. The molecule has 0 aromatic rings. The van der Waals surface area contributed by atoms with Gasteiger partial charge in [0.2, 0.25) is 0 Å². The van der Waals surface area contributed by atoms with Gasteiger partial charge in [0.15, 0.2) is 6.29 Å². The molecule has 1 aliphatic heterocycles. The zero-order valence-electron chi connectivity index (χ0n) is 17.7. The minimum Gasteiger partial charge on any atom is -0.462 e. The van der Waals surface area contributed by atoms with E-state index in [1.807, 2.05) is 0 Å². The van der Waals surface area contributed by atoms with Gasteiger partial charge in [0.1, 0.15) is 6.10 Å². The average molecular weight is 381 g/mol. The number of hydrogen-bond acceptors (Lipinski definition) is 4. The monoisotopic (exact) mass is 380 g/mol. The van der Waals surface area contributed by atoms with E-state index in [1.54, 1.807) is 0 Å². The molecule has 3 rings (SSSR count). The van der Waals surface area contributed by atoms with Gasteiger partial charge in [0, 0.05) is 11.8 Å². The van der Waals surface area contributed by atoms with E-state index in [0.29, 0.717) is 11.8 Å². The fraction of sp³-hybridized carbons (Fsp3) is 0.957. The maximum Gasteiger partial charge on any atom is 0.309 e. The lowest BCUT2D eigenvalue weighted by atomic mass is 9.81. The third kappa shape index (κ3) is 5.69. The van der Waals surface area contributed by atoms with Crippen molar-refractivity contribution in [3.05, 3.63) is 0 Å². The number of esters is 1. The van der Waals surface area contributed by atoms with Crippen LogP contribution in [-0.2, 0) is 19.0 Å². The van der Waals surface area contributed by atoms with Gasteiger partial charge in [0.05, 0.1) is 18.6 Å². The quantitative estimate of drug-likeness (QED) is 0.572. The molecule has 0 radical (unpaired) electrons. The van der Waals surface area contributed by atoms with Crippen molar-refractivity contribution < 1.29 is 19.0 Å². The molecule has 27 heavy (non-hydrogen) atoms. The predicted octanol–water partition coefficient (Wildman–Crippen LogP) is 5.48. The van der Waals surface area contributed by atoms with Crippen LogP contribution in [-0.4, -0.2) is 31.1 Å². The molecular formula is C23H40O4. The maximum atomic E-state index is 12.6. The molecule has 3 aliphatic rings. The summed E-state index contributed by atoms with van der Waals surface area (Å²) in [5.41, 5.74) is 0. The second-order valence-corrected chi connectivity index (χ2v) is 9.19. The molecule has 0 aromatic carbocycles. The third-order valence-electron chi connectivity index (χ3n) is 7.28. The Morgan fingerprint density at radius 1 is 1.00 bits per heavy atom. The standard InChI is InChI=1S/C23H40O4/c1-4-6-17-7-13-21(14-8-17)27-22(24)19-9-11-20(12-10-19)23-25-15-18(5-2)16(3)26-23/h16-21,23H,4-15H2,1-3H3/t16-,17?,18?,19?,20?,21?,23-/m0/s1. The highest BCUT2D eigenvalue weighted by atomic mass is 16.7. The Labute approximate surface area is 165 Å². The van der Waals surface area contributed by atoms with Gasteiger partial charge < -0.3 is 14.2 Å². The van der Waals surface area contributed by atoms with Crippen molar-refractivity contribution in [1.82, 2.24) is 0 Å². The summed E-state index contributed by atoms with van der Waals surface area (Å²) < 4.78 is 18.0. The van der Waals surface area contributed by atoms with Crippen molar-refractivity contribution in [3.8, 4) is 0 Å². The highest BCUT2D eigenvalue weighted by Crippen LogP contribution is 2.37. The van der Waals surface area contributed by atoms with Crippen molar-refractivity contribution >= 4 is 5.97 Å². The van der Waals surface area contributed by atoms with Gasteiger partial charge in [-0.3, -0.25) is 4.79 Å². The summed E-state index contributed by atoms with van der Waals surface area (Å²) in [5, 5.41) is 0. The van der Waals surface area contributed by atoms with Crippen LogP contribution in [0.25, 0.3) is 0 Å². The van der Waals surface area contributed by atoms with Crippen LogP contribution in [0, 0.1) is 23.7 Å². The lowest BCUT2D eigenvalue weighted by Crippen LogP contribution is -2.43. The summed E-state index contributed by atoms with van der Waals surface area (Å²) in [7, 11) is 0. The third-order valence-corrected chi connectivity index (χ3v) is 7.28. The molecule has 0 amide bonds. The molecule has 4 heteroatoms. The largest absolute Gasteiger partial charge is 0.462 e. The molecule has 0 spiro atoms. The fourth-order valence-electron chi connectivity index (χ4n) is 5.25. The first-order valence-corrected chi connectivity index (χ1v) is 11.6. The summed E-state index contributed by atoms with van der Waals surface area (Å²) in [6.45, 7) is 7.43. The van der Waals surface area contributed by atoms with Gasteiger partial charge in [0.25, 0.3) is 0 Å². The SMILES string of the molecule is CCCC1CCC(OC(=O)C2CCC([C@H]3OCC(CC)[C@H](C)O3)CC2)CC1. The van der Waals surface area contributed by atoms with E-state index in [9.17, 15) is 4.79 Å². The minimum absolute atomic E-state index is 0.0530. The number of hydrogen-bond donors (Lipinski definition) is 0. The van der Waals surface area contributed by atoms with E-state index in [1.165, 1.54) is 25.7 Å². The van der Waals surface area contributed by atoms with Gasteiger partial charge in [-0.15, -0.1) is 0 Å². The van der Waals surface area contributed by atoms with Crippen LogP contribution in [0.4, 0.5) is 0 Å². The first-order valence-electron chi connectivity index (χ1n) is 11.6. The summed E-state index contributed by atoms with van der Waals surface area (Å²) in [4.78, 5) is 12.6. The highest BCUT2D eigenvalue weighted by Gasteiger charge is 2.37. The molecule has 4 nitrogen and oxygen atoms in total. The van der Waals surface area contributed by atoms with Crippen molar-refractivity contribution in [1.29, 1.82) is 0 Å². The van der Waals surface area contributed by atoms with Crippen molar-refractivity contribution in [2.75, 3.05) is 6.61 Å². The zero-order chi connectivity index (χ0) is 19.2. The van der Waals surface area contributed by atoms with E-state index in [2.05, 4.69) is 20.8 Å². The normalized spacial score (nSPS) is 40.5. The van der Waals surface area contributed by atoms with E-state index in [-0.39, 0.29) is 30.4 Å². The molecule has 156 valence electrons. The first kappa shape index (κ1) is 21.1. The Morgan fingerprint density at radius 2 is 1.70 bits per heavy atom. The molecule has 0 N–H and O–H groups in total. The van der Waals surface area contributed by atoms with Crippen molar-refractivity contribution in [2.24, 2.45) is 23.7 Å². The van der Waals surface area contributed by atoms with Crippen LogP contribution in [0.2, 0.25) is 0 Å². The van der Waals surface area contributed by atoms with Crippen LogP contribution in [0.1, 0.15) is 91.4 Å². The molecule has 0 aromatic heterocycles. The molecule has 1 unspecified atom stereocenters. The van der Waals surface area contributed by atoms with Gasteiger partial charge in [-0.1, -0.05) is 26.7 Å². The van der Waals surface area contributed by atoms with Crippen LogP contribution in [0.5, 0.6) is 0 Å². The number of carbonyl (C=O) groups excluding carboxylic acids is 1.